The molecule has 1 aliphatic rings. The minimum Gasteiger partial charge on any atom is -0.351 e. The Labute approximate surface area is 194 Å². The van der Waals surface area contributed by atoms with Gasteiger partial charge in [-0.3, -0.25) is 19.7 Å². The van der Waals surface area contributed by atoms with Gasteiger partial charge in [0.05, 0.1) is 20.4 Å². The first-order chi connectivity index (χ1) is 15.6. The van der Waals surface area contributed by atoms with Crippen LogP contribution in [-0.4, -0.2) is 67.1 Å². The minimum atomic E-state index is -3.94. The lowest BCUT2D eigenvalue weighted by Gasteiger charge is -2.34. The maximum atomic E-state index is 13.1. The van der Waals surface area contributed by atoms with Gasteiger partial charge in [-0.2, -0.15) is 4.31 Å². The van der Waals surface area contributed by atoms with Gasteiger partial charge >= 0.3 is 0 Å². The van der Waals surface area contributed by atoms with Crippen LogP contribution in [0.25, 0.3) is 0 Å². The van der Waals surface area contributed by atoms with Gasteiger partial charge in [-0.25, -0.2) is 12.8 Å². The van der Waals surface area contributed by atoms with Crippen molar-refractivity contribution >= 4 is 39.1 Å². The summed E-state index contributed by atoms with van der Waals surface area (Å²) in [5, 5.41) is 13.4. The van der Waals surface area contributed by atoms with Crippen LogP contribution in [0.1, 0.15) is 16.8 Å². The molecule has 1 aliphatic heterocycles. The van der Waals surface area contributed by atoms with Crippen LogP contribution in [0.4, 0.5) is 10.1 Å². The summed E-state index contributed by atoms with van der Waals surface area (Å²) < 4.78 is 39.8. The topological polar surface area (TPSA) is 130 Å². The second-order valence-corrected chi connectivity index (χ2v) is 9.51. The molecule has 13 heteroatoms. The number of halogens is 2. The third kappa shape index (κ3) is 5.83. The lowest BCUT2D eigenvalue weighted by atomic mass is 10.2. The molecule has 0 unspecified atom stereocenters. The molecule has 3 rings (SSSR count). The number of hydrogen-bond acceptors (Lipinski definition) is 6. The fraction of sp³-hybridized carbons (Fsp3) is 0.300. The Morgan fingerprint density at radius 2 is 1.82 bits per heavy atom. The summed E-state index contributed by atoms with van der Waals surface area (Å²) in [5.74, 6) is -1.38. The number of benzene rings is 2. The minimum absolute atomic E-state index is 0.0117. The summed E-state index contributed by atoms with van der Waals surface area (Å²) in [5.41, 5.74) is -0.237. The van der Waals surface area contributed by atoms with Crippen molar-refractivity contribution in [2.45, 2.75) is 11.3 Å². The second kappa shape index (κ2) is 10.2. The number of non-ortho nitro benzene ring substituents is 1. The Kier molecular flexibility index (Phi) is 7.61. The van der Waals surface area contributed by atoms with E-state index in [4.69, 9.17) is 11.6 Å². The van der Waals surface area contributed by atoms with Gasteiger partial charge in [-0.1, -0.05) is 17.7 Å². The molecule has 0 aliphatic carbocycles. The van der Waals surface area contributed by atoms with Crippen molar-refractivity contribution in [1.29, 1.82) is 0 Å². The smallest absolute Gasteiger partial charge is 0.270 e. The lowest BCUT2D eigenvalue weighted by molar-refractivity contribution is -0.385. The maximum Gasteiger partial charge on any atom is 0.270 e. The van der Waals surface area contributed by atoms with Crippen LogP contribution in [0.15, 0.2) is 47.4 Å². The number of amides is 2. The third-order valence-corrected chi connectivity index (χ3v) is 7.27. The van der Waals surface area contributed by atoms with Crippen LogP contribution < -0.4 is 5.32 Å². The van der Waals surface area contributed by atoms with Gasteiger partial charge in [-0.15, -0.1) is 0 Å². The van der Waals surface area contributed by atoms with E-state index in [0.29, 0.717) is 0 Å². The number of carbonyl (C=O) groups excluding carboxylic acids is 2. The Morgan fingerprint density at radius 1 is 1.12 bits per heavy atom. The van der Waals surface area contributed by atoms with Crippen molar-refractivity contribution in [2.75, 3.05) is 32.7 Å². The van der Waals surface area contributed by atoms with Crippen LogP contribution in [0.3, 0.4) is 0 Å². The van der Waals surface area contributed by atoms with Crippen molar-refractivity contribution in [3.8, 4) is 0 Å². The molecule has 2 aromatic carbocycles. The Bertz CT molecular complexity index is 1180. The van der Waals surface area contributed by atoms with Crippen molar-refractivity contribution in [1.82, 2.24) is 14.5 Å². The summed E-state index contributed by atoms with van der Waals surface area (Å²) >= 11 is 5.84. The summed E-state index contributed by atoms with van der Waals surface area (Å²) in [6.07, 6.45) is -0.0117. The molecule has 0 bridgehead atoms. The zero-order valence-electron chi connectivity index (χ0n) is 17.2. The molecule has 33 heavy (non-hydrogen) atoms. The number of carbonyl (C=O) groups is 2. The maximum absolute atomic E-state index is 13.1. The van der Waals surface area contributed by atoms with Gasteiger partial charge in [0.15, 0.2) is 0 Å². The number of nitrogens with zero attached hydrogens (tertiary/aromatic N) is 3. The zero-order valence-corrected chi connectivity index (χ0v) is 18.8. The fourth-order valence-corrected chi connectivity index (χ4v) is 5.01. The molecule has 2 aromatic rings. The first-order valence-electron chi connectivity index (χ1n) is 9.85. The molecule has 0 radical (unpaired) electrons. The molecular weight excluding hydrogens is 479 g/mol. The number of piperazine rings is 1. The number of nitro benzene ring substituents is 1. The normalized spacial score (nSPS) is 14.7. The molecular formula is C20H20ClFN4O6S. The average molecular weight is 499 g/mol. The highest BCUT2D eigenvalue weighted by atomic mass is 35.5. The predicted octanol–water partition coefficient (Wildman–Crippen LogP) is 2.04. The van der Waals surface area contributed by atoms with Crippen molar-refractivity contribution in [3.05, 3.63) is 69.0 Å². The van der Waals surface area contributed by atoms with E-state index in [1.807, 2.05) is 0 Å². The molecule has 0 spiro atoms. The molecule has 1 fully saturated rings. The number of hydrogen-bond donors (Lipinski definition) is 1. The summed E-state index contributed by atoms with van der Waals surface area (Å²) in [6.45, 7) is 0.385. The number of nitro groups is 1. The standard InChI is InChI=1S/C20H20ClFN4O6S/c21-18-12-14(22)4-5-17(18)20(28)23-7-6-19(27)24-8-10-25(11-9-24)33(31,32)16-3-1-2-15(13-16)26(29)30/h1-5,12-13H,6-11H2,(H,23,28). The quantitative estimate of drug-likeness (QED) is 0.459. The summed E-state index contributed by atoms with van der Waals surface area (Å²) in [7, 11) is -3.94. The van der Waals surface area contributed by atoms with E-state index in [9.17, 15) is 32.5 Å². The molecule has 10 nitrogen and oxygen atoms in total. The van der Waals surface area contributed by atoms with Crippen molar-refractivity contribution in [3.63, 3.8) is 0 Å². The highest BCUT2D eigenvalue weighted by molar-refractivity contribution is 7.89. The van der Waals surface area contributed by atoms with E-state index in [-0.39, 0.29) is 66.2 Å². The Morgan fingerprint density at radius 3 is 2.45 bits per heavy atom. The van der Waals surface area contributed by atoms with Crippen LogP contribution in [0.5, 0.6) is 0 Å². The molecule has 1 heterocycles. The van der Waals surface area contributed by atoms with Gasteiger partial charge in [0.25, 0.3) is 11.6 Å². The van der Waals surface area contributed by atoms with Crippen molar-refractivity contribution in [2.24, 2.45) is 0 Å². The van der Waals surface area contributed by atoms with Gasteiger partial charge in [-0.05, 0) is 24.3 Å². The molecule has 0 aromatic heterocycles. The van der Waals surface area contributed by atoms with Gasteiger partial charge in [0.1, 0.15) is 5.82 Å². The molecule has 1 saturated heterocycles. The monoisotopic (exact) mass is 498 g/mol. The molecule has 0 atom stereocenters. The lowest BCUT2D eigenvalue weighted by Crippen LogP contribution is -2.50. The largest absolute Gasteiger partial charge is 0.351 e. The van der Waals surface area contributed by atoms with Gasteiger partial charge in [0, 0.05) is 51.3 Å². The fourth-order valence-electron chi connectivity index (χ4n) is 3.29. The second-order valence-electron chi connectivity index (χ2n) is 7.17. The van der Waals surface area contributed by atoms with Crippen LogP contribution >= 0.6 is 11.6 Å². The summed E-state index contributed by atoms with van der Waals surface area (Å²) in [6, 6.07) is 8.17. The zero-order chi connectivity index (χ0) is 24.2. The van der Waals surface area contributed by atoms with Crippen LogP contribution in [0, 0.1) is 15.9 Å². The summed E-state index contributed by atoms with van der Waals surface area (Å²) in [4.78, 5) is 36.1. The molecule has 1 N–H and O–H groups in total. The van der Waals surface area contributed by atoms with Crippen LogP contribution in [0.2, 0.25) is 5.02 Å². The number of sulfonamides is 1. The van der Waals surface area contributed by atoms with E-state index >= 15 is 0 Å². The first-order valence-corrected chi connectivity index (χ1v) is 11.7. The van der Waals surface area contributed by atoms with Gasteiger partial charge < -0.3 is 10.2 Å². The highest BCUT2D eigenvalue weighted by Crippen LogP contribution is 2.22. The molecule has 0 saturated carbocycles. The van der Waals surface area contributed by atoms with Gasteiger partial charge in [0.2, 0.25) is 15.9 Å². The van der Waals surface area contributed by atoms with Crippen molar-refractivity contribution < 1.29 is 27.3 Å². The highest BCUT2D eigenvalue weighted by Gasteiger charge is 2.30. The SMILES string of the molecule is O=C(NCCC(=O)N1CCN(S(=O)(=O)c2cccc([N+](=O)[O-])c2)CC1)c1ccc(F)cc1Cl. The van der Waals surface area contributed by atoms with E-state index in [2.05, 4.69) is 5.32 Å². The van der Waals surface area contributed by atoms with E-state index < -0.39 is 26.7 Å². The van der Waals surface area contributed by atoms with Crippen LogP contribution in [-0.2, 0) is 14.8 Å². The average Bonchev–Trinajstić information content (AvgIpc) is 2.79. The Hall–Kier alpha value is -3.09. The predicted molar refractivity (Wildman–Crippen MR) is 117 cm³/mol. The third-order valence-electron chi connectivity index (χ3n) is 5.06. The molecule has 2 amide bonds. The van der Waals surface area contributed by atoms with E-state index in [0.717, 1.165) is 18.2 Å². The Balaban J connectivity index is 1.51. The van der Waals surface area contributed by atoms with E-state index in [1.54, 1.807) is 0 Å². The molecule has 176 valence electrons. The van der Waals surface area contributed by atoms with E-state index in [1.165, 1.54) is 33.5 Å². The number of rotatable bonds is 7. The first kappa shape index (κ1) is 24.6. The number of nitrogens with one attached hydrogen (secondary N) is 1.